The zero-order valence-corrected chi connectivity index (χ0v) is 9.98. The third-order valence-corrected chi connectivity index (χ3v) is 3.45. The molecule has 0 spiro atoms. The fourth-order valence-corrected chi connectivity index (χ4v) is 2.28. The van der Waals surface area contributed by atoms with Crippen LogP contribution in [0.15, 0.2) is 0 Å². The zero-order valence-electron chi connectivity index (χ0n) is 9.98. The lowest BCUT2D eigenvalue weighted by atomic mass is 9.86. The highest BCUT2D eigenvalue weighted by molar-refractivity contribution is 5.81. The van der Waals surface area contributed by atoms with Gasteiger partial charge in [0.25, 0.3) is 0 Å². The van der Waals surface area contributed by atoms with Crippen LogP contribution in [0.2, 0.25) is 0 Å². The zero-order chi connectivity index (χ0) is 12.2. The predicted molar refractivity (Wildman–Crippen MR) is 60.2 cm³/mol. The molecule has 0 aliphatic carbocycles. The van der Waals surface area contributed by atoms with Gasteiger partial charge in [-0.25, -0.2) is 4.79 Å². The SMILES string of the molecule is CCCN1CCC(C(=O)O)(N(C)C=O)CC1. The van der Waals surface area contributed by atoms with E-state index in [9.17, 15) is 14.7 Å². The number of likely N-dealkylation sites (tertiary alicyclic amines) is 1. The van der Waals surface area contributed by atoms with Gasteiger partial charge in [-0.2, -0.15) is 0 Å². The molecule has 0 aromatic rings. The van der Waals surface area contributed by atoms with Gasteiger partial charge in [-0.1, -0.05) is 6.92 Å². The number of piperidine rings is 1. The molecular weight excluding hydrogens is 208 g/mol. The van der Waals surface area contributed by atoms with Gasteiger partial charge in [0.1, 0.15) is 5.54 Å². The minimum atomic E-state index is -0.994. The number of rotatable bonds is 5. The van der Waals surface area contributed by atoms with Crippen LogP contribution in [-0.2, 0) is 9.59 Å². The number of nitrogens with zero attached hydrogens (tertiary/aromatic N) is 2. The summed E-state index contributed by atoms with van der Waals surface area (Å²) in [6, 6.07) is 0. The molecule has 16 heavy (non-hydrogen) atoms. The van der Waals surface area contributed by atoms with E-state index in [1.165, 1.54) is 4.90 Å². The first kappa shape index (κ1) is 13.0. The highest BCUT2D eigenvalue weighted by atomic mass is 16.4. The second-order valence-corrected chi connectivity index (χ2v) is 4.39. The summed E-state index contributed by atoms with van der Waals surface area (Å²) in [5.41, 5.74) is -0.994. The first-order chi connectivity index (χ1) is 7.56. The average Bonchev–Trinajstić information content (AvgIpc) is 2.29. The highest BCUT2D eigenvalue weighted by Gasteiger charge is 2.44. The van der Waals surface area contributed by atoms with Gasteiger partial charge in [-0.15, -0.1) is 0 Å². The topological polar surface area (TPSA) is 60.9 Å². The molecule has 0 atom stereocenters. The molecular formula is C11H20N2O3. The Balaban J connectivity index is 2.70. The van der Waals surface area contributed by atoms with Gasteiger partial charge in [-0.05, 0) is 25.8 Å². The van der Waals surface area contributed by atoms with Crippen LogP contribution in [0.25, 0.3) is 0 Å². The molecule has 0 bridgehead atoms. The van der Waals surface area contributed by atoms with Gasteiger partial charge in [0.15, 0.2) is 0 Å². The Morgan fingerprint density at radius 1 is 1.50 bits per heavy atom. The molecule has 0 aromatic carbocycles. The molecule has 1 aliphatic heterocycles. The van der Waals surface area contributed by atoms with Gasteiger partial charge < -0.3 is 14.9 Å². The summed E-state index contributed by atoms with van der Waals surface area (Å²) >= 11 is 0. The van der Waals surface area contributed by atoms with Crippen molar-refractivity contribution in [3.8, 4) is 0 Å². The molecule has 1 rings (SSSR count). The fourth-order valence-electron chi connectivity index (χ4n) is 2.28. The van der Waals surface area contributed by atoms with E-state index in [1.807, 2.05) is 0 Å². The van der Waals surface area contributed by atoms with Crippen molar-refractivity contribution in [2.24, 2.45) is 0 Å². The van der Waals surface area contributed by atoms with E-state index in [4.69, 9.17) is 0 Å². The van der Waals surface area contributed by atoms with Crippen LogP contribution in [0.3, 0.4) is 0 Å². The number of hydrogen-bond acceptors (Lipinski definition) is 3. The third kappa shape index (κ3) is 2.35. The lowest BCUT2D eigenvalue weighted by Crippen LogP contribution is -2.58. The summed E-state index contributed by atoms with van der Waals surface area (Å²) in [5, 5.41) is 9.29. The quantitative estimate of drug-likeness (QED) is 0.692. The molecule has 5 nitrogen and oxygen atoms in total. The summed E-state index contributed by atoms with van der Waals surface area (Å²) in [4.78, 5) is 25.6. The molecule has 1 N–H and O–H groups in total. The van der Waals surface area contributed by atoms with Crippen LogP contribution in [0, 0.1) is 0 Å². The Kier molecular flexibility index (Phi) is 4.29. The van der Waals surface area contributed by atoms with Crippen molar-refractivity contribution in [2.45, 2.75) is 31.7 Å². The van der Waals surface area contributed by atoms with E-state index in [1.54, 1.807) is 7.05 Å². The smallest absolute Gasteiger partial charge is 0.329 e. The standard InChI is InChI=1S/C11H20N2O3/c1-3-6-13-7-4-11(5-8-13,10(15)16)12(2)9-14/h9H,3-8H2,1-2H3,(H,15,16). The Hall–Kier alpha value is -1.10. The Bertz CT molecular complexity index is 260. The number of likely N-dealkylation sites (N-methyl/N-ethyl adjacent to an activating group) is 1. The lowest BCUT2D eigenvalue weighted by Gasteiger charge is -2.42. The van der Waals surface area contributed by atoms with E-state index in [2.05, 4.69) is 11.8 Å². The van der Waals surface area contributed by atoms with E-state index in [-0.39, 0.29) is 0 Å². The predicted octanol–water partition coefficient (Wildman–Crippen LogP) is 0.404. The molecule has 5 heteroatoms. The van der Waals surface area contributed by atoms with Crippen molar-refractivity contribution in [1.82, 2.24) is 9.80 Å². The number of carboxylic acids is 1. The van der Waals surface area contributed by atoms with Gasteiger partial charge in [0, 0.05) is 20.1 Å². The summed E-state index contributed by atoms with van der Waals surface area (Å²) in [7, 11) is 1.55. The maximum absolute atomic E-state index is 11.3. The Morgan fingerprint density at radius 3 is 2.44 bits per heavy atom. The van der Waals surface area contributed by atoms with Crippen LogP contribution in [-0.4, -0.2) is 59.5 Å². The normalized spacial score (nSPS) is 20.4. The van der Waals surface area contributed by atoms with Crippen molar-refractivity contribution in [3.05, 3.63) is 0 Å². The summed E-state index contributed by atoms with van der Waals surface area (Å²) < 4.78 is 0. The van der Waals surface area contributed by atoms with Crippen LogP contribution in [0.5, 0.6) is 0 Å². The van der Waals surface area contributed by atoms with Crippen LogP contribution >= 0.6 is 0 Å². The van der Waals surface area contributed by atoms with E-state index < -0.39 is 11.5 Å². The van der Waals surface area contributed by atoms with Crippen molar-refractivity contribution >= 4 is 12.4 Å². The second-order valence-electron chi connectivity index (χ2n) is 4.39. The van der Waals surface area contributed by atoms with Crippen molar-refractivity contribution in [3.63, 3.8) is 0 Å². The molecule has 0 unspecified atom stereocenters. The first-order valence-electron chi connectivity index (χ1n) is 5.71. The van der Waals surface area contributed by atoms with Crippen molar-refractivity contribution < 1.29 is 14.7 Å². The second kappa shape index (κ2) is 5.30. The molecule has 0 saturated carbocycles. The number of carbonyl (C=O) groups is 2. The van der Waals surface area contributed by atoms with Crippen molar-refractivity contribution in [1.29, 1.82) is 0 Å². The van der Waals surface area contributed by atoms with E-state index in [0.717, 1.165) is 26.1 Å². The molecule has 1 saturated heterocycles. The Labute approximate surface area is 96.0 Å². The highest BCUT2D eigenvalue weighted by Crippen LogP contribution is 2.27. The number of carboxylic acid groups (broad SMARTS) is 1. The maximum Gasteiger partial charge on any atom is 0.329 e. The van der Waals surface area contributed by atoms with Crippen LogP contribution < -0.4 is 0 Å². The minimum absolute atomic E-state index is 0.511. The van der Waals surface area contributed by atoms with Gasteiger partial charge >= 0.3 is 5.97 Å². The van der Waals surface area contributed by atoms with E-state index >= 15 is 0 Å². The summed E-state index contributed by atoms with van der Waals surface area (Å²) in [6.07, 6.45) is 2.71. The number of carbonyl (C=O) groups excluding carboxylic acids is 1. The number of amides is 1. The molecule has 0 aromatic heterocycles. The summed E-state index contributed by atoms with van der Waals surface area (Å²) in [5.74, 6) is -0.891. The van der Waals surface area contributed by atoms with Gasteiger partial charge in [0.05, 0.1) is 0 Å². The largest absolute Gasteiger partial charge is 0.479 e. The summed E-state index contributed by atoms with van der Waals surface area (Å²) in [6.45, 7) is 4.60. The third-order valence-electron chi connectivity index (χ3n) is 3.45. The van der Waals surface area contributed by atoms with Crippen LogP contribution in [0.4, 0.5) is 0 Å². The van der Waals surface area contributed by atoms with Crippen molar-refractivity contribution in [2.75, 3.05) is 26.7 Å². The van der Waals surface area contributed by atoms with Crippen LogP contribution in [0.1, 0.15) is 26.2 Å². The molecule has 1 fully saturated rings. The molecule has 1 aliphatic rings. The lowest BCUT2D eigenvalue weighted by molar-refractivity contribution is -0.157. The molecule has 1 heterocycles. The minimum Gasteiger partial charge on any atom is -0.479 e. The molecule has 92 valence electrons. The van der Waals surface area contributed by atoms with E-state index in [0.29, 0.717) is 19.3 Å². The monoisotopic (exact) mass is 228 g/mol. The maximum atomic E-state index is 11.3. The first-order valence-corrected chi connectivity index (χ1v) is 5.71. The fraction of sp³-hybridized carbons (Fsp3) is 0.818. The average molecular weight is 228 g/mol. The molecule has 1 amide bonds. The van der Waals surface area contributed by atoms with Gasteiger partial charge in [0.2, 0.25) is 6.41 Å². The number of hydrogen-bond donors (Lipinski definition) is 1. The Morgan fingerprint density at radius 2 is 2.06 bits per heavy atom. The molecule has 0 radical (unpaired) electrons. The van der Waals surface area contributed by atoms with Gasteiger partial charge in [-0.3, -0.25) is 4.79 Å². The number of aliphatic carboxylic acids is 1.